The van der Waals surface area contributed by atoms with E-state index in [2.05, 4.69) is 11.8 Å². The van der Waals surface area contributed by atoms with Crippen molar-refractivity contribution in [3.8, 4) is 24.7 Å². The van der Waals surface area contributed by atoms with E-state index < -0.39 is 0 Å². The number of hydrogen-bond acceptors (Lipinski definition) is 2. The molecule has 0 radical (unpaired) electrons. The van der Waals surface area contributed by atoms with E-state index in [9.17, 15) is 0 Å². The number of rotatable bonds is 5. The Hall–Kier alpha value is -0.960. The molecule has 0 aliphatic heterocycles. The van der Waals surface area contributed by atoms with Gasteiger partial charge in [-0.25, -0.2) is 0 Å². The zero-order chi connectivity index (χ0) is 9.40. The number of ether oxygens (including phenoxy) is 2. The summed E-state index contributed by atoms with van der Waals surface area (Å²) in [6.07, 6.45) is 9.78. The van der Waals surface area contributed by atoms with Crippen molar-refractivity contribution >= 4 is 0 Å². The van der Waals surface area contributed by atoms with Gasteiger partial charge in [0, 0.05) is 5.92 Å². The quantitative estimate of drug-likeness (QED) is 0.452. The summed E-state index contributed by atoms with van der Waals surface area (Å²) in [6, 6.07) is 0. The van der Waals surface area contributed by atoms with Crippen molar-refractivity contribution in [2.45, 2.75) is 20.1 Å². The maximum absolute atomic E-state index is 5.20. The fourth-order valence-electron chi connectivity index (χ4n) is 0.694. The van der Waals surface area contributed by atoms with Crippen LogP contribution in [0.15, 0.2) is 0 Å². The molecular weight excluding hydrogens is 152 g/mol. The summed E-state index contributed by atoms with van der Waals surface area (Å²) >= 11 is 0. The Bertz CT molecular complexity index is 165. The molecule has 0 aromatic rings. The molecule has 2 nitrogen and oxygen atoms in total. The third-order valence-electron chi connectivity index (χ3n) is 1.21. The average Bonchev–Trinajstić information content (AvgIpc) is 2.04. The standard InChI is InChI=1S/C10H14O2/c1-5-7-11-10(9(3)4)12-8-6-2/h1-2,9-10H,7-8H2,3-4H3. The van der Waals surface area contributed by atoms with Crippen LogP contribution < -0.4 is 0 Å². The normalized spacial score (nSPS) is 9.83. The van der Waals surface area contributed by atoms with Crippen molar-refractivity contribution in [1.82, 2.24) is 0 Å². The molecule has 0 bridgehead atoms. The molecule has 2 heteroatoms. The Morgan fingerprint density at radius 1 is 1.08 bits per heavy atom. The Morgan fingerprint density at radius 2 is 1.50 bits per heavy atom. The molecule has 0 N–H and O–H groups in total. The maximum Gasteiger partial charge on any atom is 0.162 e. The predicted octanol–water partition coefficient (Wildman–Crippen LogP) is 1.27. The minimum atomic E-state index is -0.294. The molecular formula is C10H14O2. The summed E-state index contributed by atoms with van der Waals surface area (Å²) < 4.78 is 10.4. The van der Waals surface area contributed by atoms with Crippen LogP contribution in [0.2, 0.25) is 0 Å². The Labute approximate surface area is 74.2 Å². The second-order valence-corrected chi connectivity index (χ2v) is 2.64. The van der Waals surface area contributed by atoms with Crippen molar-refractivity contribution in [3.05, 3.63) is 0 Å². The highest BCUT2D eigenvalue weighted by Gasteiger charge is 2.12. The predicted molar refractivity (Wildman–Crippen MR) is 48.2 cm³/mol. The smallest absolute Gasteiger partial charge is 0.162 e. The van der Waals surface area contributed by atoms with Gasteiger partial charge in [0.25, 0.3) is 0 Å². The van der Waals surface area contributed by atoms with Crippen molar-refractivity contribution in [2.75, 3.05) is 13.2 Å². The minimum Gasteiger partial charge on any atom is -0.340 e. The molecule has 0 atom stereocenters. The van der Waals surface area contributed by atoms with Gasteiger partial charge in [-0.2, -0.15) is 0 Å². The second kappa shape index (κ2) is 6.73. The zero-order valence-electron chi connectivity index (χ0n) is 7.54. The lowest BCUT2D eigenvalue weighted by Crippen LogP contribution is -2.23. The number of hydrogen-bond donors (Lipinski definition) is 0. The van der Waals surface area contributed by atoms with Crippen molar-refractivity contribution in [3.63, 3.8) is 0 Å². The largest absolute Gasteiger partial charge is 0.340 e. The van der Waals surface area contributed by atoms with Gasteiger partial charge < -0.3 is 9.47 Å². The van der Waals surface area contributed by atoms with Crippen LogP contribution in [0.5, 0.6) is 0 Å². The van der Waals surface area contributed by atoms with Gasteiger partial charge >= 0.3 is 0 Å². The average molecular weight is 166 g/mol. The molecule has 0 unspecified atom stereocenters. The molecule has 0 amide bonds. The van der Waals surface area contributed by atoms with Crippen LogP contribution in [0.1, 0.15) is 13.8 Å². The van der Waals surface area contributed by atoms with Gasteiger partial charge in [0.15, 0.2) is 6.29 Å². The minimum absolute atomic E-state index is 0.256. The van der Waals surface area contributed by atoms with Crippen LogP contribution in [0, 0.1) is 30.6 Å². The highest BCUT2D eigenvalue weighted by atomic mass is 16.7. The summed E-state index contributed by atoms with van der Waals surface area (Å²) in [5.41, 5.74) is 0. The van der Waals surface area contributed by atoms with E-state index >= 15 is 0 Å². The molecule has 0 rings (SSSR count). The zero-order valence-corrected chi connectivity index (χ0v) is 7.54. The van der Waals surface area contributed by atoms with E-state index in [1.165, 1.54) is 0 Å². The van der Waals surface area contributed by atoms with Crippen molar-refractivity contribution in [1.29, 1.82) is 0 Å². The van der Waals surface area contributed by atoms with Gasteiger partial charge in [0.1, 0.15) is 13.2 Å². The molecule has 66 valence electrons. The van der Waals surface area contributed by atoms with Gasteiger partial charge in [-0.1, -0.05) is 25.7 Å². The Balaban J connectivity index is 3.73. The van der Waals surface area contributed by atoms with Crippen LogP contribution in [0.4, 0.5) is 0 Å². The molecule has 0 aromatic heterocycles. The topological polar surface area (TPSA) is 18.5 Å². The van der Waals surface area contributed by atoms with Crippen LogP contribution >= 0.6 is 0 Å². The monoisotopic (exact) mass is 166 g/mol. The molecule has 0 aliphatic rings. The lowest BCUT2D eigenvalue weighted by Gasteiger charge is -2.19. The highest BCUT2D eigenvalue weighted by molar-refractivity contribution is 4.84. The summed E-state index contributed by atoms with van der Waals surface area (Å²) in [5.74, 6) is 5.01. The Kier molecular flexibility index (Phi) is 6.19. The van der Waals surface area contributed by atoms with Crippen molar-refractivity contribution in [2.24, 2.45) is 5.92 Å². The summed E-state index contributed by atoms with van der Waals surface area (Å²) in [4.78, 5) is 0. The van der Waals surface area contributed by atoms with E-state index in [-0.39, 0.29) is 25.4 Å². The first-order chi connectivity index (χ1) is 5.72. The lowest BCUT2D eigenvalue weighted by molar-refractivity contribution is -0.148. The maximum atomic E-state index is 5.20. The first kappa shape index (κ1) is 11.0. The molecule has 0 heterocycles. The highest BCUT2D eigenvalue weighted by Crippen LogP contribution is 2.07. The summed E-state index contributed by atoms with van der Waals surface area (Å²) in [5, 5.41) is 0. The van der Waals surface area contributed by atoms with E-state index in [1.54, 1.807) is 0 Å². The SMILES string of the molecule is C#CCOC(OCC#C)C(C)C. The lowest BCUT2D eigenvalue weighted by atomic mass is 10.2. The summed E-state index contributed by atoms with van der Waals surface area (Å²) in [6.45, 7) is 4.48. The van der Waals surface area contributed by atoms with Gasteiger partial charge in [0.2, 0.25) is 0 Å². The van der Waals surface area contributed by atoms with Gasteiger partial charge in [0.05, 0.1) is 0 Å². The third kappa shape index (κ3) is 4.79. The van der Waals surface area contributed by atoms with E-state index in [0.29, 0.717) is 0 Å². The fourth-order valence-corrected chi connectivity index (χ4v) is 0.694. The van der Waals surface area contributed by atoms with E-state index in [1.807, 2.05) is 13.8 Å². The fraction of sp³-hybridized carbons (Fsp3) is 0.600. The number of terminal acetylenes is 2. The molecule has 0 aliphatic carbocycles. The van der Waals surface area contributed by atoms with Gasteiger partial charge in [-0.3, -0.25) is 0 Å². The van der Waals surface area contributed by atoms with Gasteiger partial charge in [-0.05, 0) is 0 Å². The molecule has 0 spiro atoms. The van der Waals surface area contributed by atoms with E-state index in [4.69, 9.17) is 22.3 Å². The third-order valence-corrected chi connectivity index (χ3v) is 1.21. The van der Waals surface area contributed by atoms with Crippen molar-refractivity contribution < 1.29 is 9.47 Å². The van der Waals surface area contributed by atoms with Crippen LogP contribution in [-0.4, -0.2) is 19.5 Å². The molecule has 0 saturated carbocycles. The molecule has 0 aromatic carbocycles. The summed E-state index contributed by atoms with van der Waals surface area (Å²) in [7, 11) is 0. The molecule has 0 fully saturated rings. The Morgan fingerprint density at radius 3 is 1.75 bits per heavy atom. The van der Waals surface area contributed by atoms with Crippen LogP contribution in [-0.2, 0) is 9.47 Å². The first-order valence-corrected chi connectivity index (χ1v) is 3.82. The molecule has 12 heavy (non-hydrogen) atoms. The van der Waals surface area contributed by atoms with Gasteiger partial charge in [-0.15, -0.1) is 12.8 Å². The first-order valence-electron chi connectivity index (χ1n) is 3.82. The second-order valence-electron chi connectivity index (χ2n) is 2.64. The molecule has 0 saturated heterocycles. The van der Waals surface area contributed by atoms with Crippen LogP contribution in [0.3, 0.4) is 0 Å². The van der Waals surface area contributed by atoms with Crippen LogP contribution in [0.25, 0.3) is 0 Å². The van der Waals surface area contributed by atoms with E-state index in [0.717, 1.165) is 0 Å².